The van der Waals surface area contributed by atoms with Crippen molar-refractivity contribution in [3.8, 4) is 0 Å². The number of esters is 1. The minimum Gasteiger partial charge on any atom is -0.469 e. The smallest absolute Gasteiger partial charge is 0.305 e. The van der Waals surface area contributed by atoms with E-state index in [1.165, 1.54) is 45.6 Å². The SMILES string of the molecule is CCCCCCC(CC)CCC(=O)OC. The molecule has 0 rings (SSSR count). The molecule has 90 valence electrons. The maximum atomic E-state index is 11.0. The number of hydrogen-bond acceptors (Lipinski definition) is 2. The molecule has 0 aliphatic heterocycles. The van der Waals surface area contributed by atoms with Gasteiger partial charge >= 0.3 is 5.97 Å². The zero-order chi connectivity index (χ0) is 11.5. The van der Waals surface area contributed by atoms with Crippen molar-refractivity contribution < 1.29 is 9.53 Å². The number of rotatable bonds is 9. The van der Waals surface area contributed by atoms with E-state index in [9.17, 15) is 4.79 Å². The number of carbonyl (C=O) groups is 1. The minimum atomic E-state index is -0.0676. The van der Waals surface area contributed by atoms with Gasteiger partial charge in [0.2, 0.25) is 0 Å². The summed E-state index contributed by atoms with van der Waals surface area (Å²) in [5.74, 6) is 0.642. The number of methoxy groups -OCH3 is 1. The van der Waals surface area contributed by atoms with Gasteiger partial charge in [-0.3, -0.25) is 4.79 Å². The zero-order valence-corrected chi connectivity index (χ0v) is 10.6. The molecule has 0 saturated carbocycles. The summed E-state index contributed by atoms with van der Waals surface area (Å²) in [4.78, 5) is 11.0. The number of unbranched alkanes of at least 4 members (excludes halogenated alkanes) is 3. The largest absolute Gasteiger partial charge is 0.469 e. The Kier molecular flexibility index (Phi) is 9.65. The van der Waals surface area contributed by atoms with Crippen LogP contribution in [0.5, 0.6) is 0 Å². The minimum absolute atomic E-state index is 0.0676. The first-order chi connectivity index (χ1) is 7.24. The molecule has 0 saturated heterocycles. The maximum Gasteiger partial charge on any atom is 0.305 e. The lowest BCUT2D eigenvalue weighted by Crippen LogP contribution is -2.05. The summed E-state index contributed by atoms with van der Waals surface area (Å²) in [7, 11) is 1.46. The second-order valence-electron chi connectivity index (χ2n) is 4.24. The topological polar surface area (TPSA) is 26.3 Å². The summed E-state index contributed by atoms with van der Waals surface area (Å²) < 4.78 is 4.65. The standard InChI is InChI=1S/C13H26O2/c1-4-6-7-8-9-12(5-2)10-11-13(14)15-3/h12H,4-11H2,1-3H3. The predicted molar refractivity (Wildman–Crippen MR) is 63.8 cm³/mol. The molecule has 0 amide bonds. The second kappa shape index (κ2) is 10.0. The predicted octanol–water partition coefficient (Wildman–Crippen LogP) is 3.94. The van der Waals surface area contributed by atoms with Gasteiger partial charge in [0.05, 0.1) is 7.11 Å². The van der Waals surface area contributed by atoms with Crippen LogP contribution in [0.1, 0.15) is 65.2 Å². The van der Waals surface area contributed by atoms with Crippen molar-refractivity contribution >= 4 is 5.97 Å². The van der Waals surface area contributed by atoms with Crippen LogP contribution in [0, 0.1) is 5.92 Å². The van der Waals surface area contributed by atoms with Crippen molar-refractivity contribution in [2.45, 2.75) is 65.2 Å². The molecular weight excluding hydrogens is 188 g/mol. The fraction of sp³-hybridized carbons (Fsp3) is 0.923. The molecule has 0 spiro atoms. The van der Waals surface area contributed by atoms with Gasteiger partial charge in [0.25, 0.3) is 0 Å². The van der Waals surface area contributed by atoms with Gasteiger partial charge in [-0.05, 0) is 12.3 Å². The first-order valence-electron chi connectivity index (χ1n) is 6.31. The van der Waals surface area contributed by atoms with Crippen LogP contribution < -0.4 is 0 Å². The molecular formula is C13H26O2. The van der Waals surface area contributed by atoms with Crippen LogP contribution in [0.15, 0.2) is 0 Å². The van der Waals surface area contributed by atoms with Gasteiger partial charge in [-0.25, -0.2) is 0 Å². The van der Waals surface area contributed by atoms with Gasteiger partial charge < -0.3 is 4.74 Å². The van der Waals surface area contributed by atoms with Crippen LogP contribution in [-0.4, -0.2) is 13.1 Å². The summed E-state index contributed by atoms with van der Waals surface area (Å²) in [6.45, 7) is 4.44. The van der Waals surface area contributed by atoms with Crippen LogP contribution >= 0.6 is 0 Å². The molecule has 2 nitrogen and oxygen atoms in total. The fourth-order valence-electron chi connectivity index (χ4n) is 1.84. The third-order valence-corrected chi connectivity index (χ3v) is 3.03. The van der Waals surface area contributed by atoms with Gasteiger partial charge in [-0.1, -0.05) is 52.4 Å². The molecule has 0 aromatic rings. The van der Waals surface area contributed by atoms with Crippen LogP contribution in [0.3, 0.4) is 0 Å². The molecule has 0 aromatic carbocycles. The Morgan fingerprint density at radius 1 is 1.13 bits per heavy atom. The highest BCUT2D eigenvalue weighted by atomic mass is 16.5. The van der Waals surface area contributed by atoms with E-state index < -0.39 is 0 Å². The maximum absolute atomic E-state index is 11.0. The van der Waals surface area contributed by atoms with Gasteiger partial charge in [-0.2, -0.15) is 0 Å². The van der Waals surface area contributed by atoms with E-state index in [2.05, 4.69) is 18.6 Å². The average Bonchev–Trinajstić information content (AvgIpc) is 2.27. The molecule has 0 N–H and O–H groups in total. The lowest BCUT2D eigenvalue weighted by molar-refractivity contribution is -0.140. The Bertz CT molecular complexity index is 155. The number of ether oxygens (including phenoxy) is 1. The van der Waals surface area contributed by atoms with E-state index in [1.54, 1.807) is 0 Å². The zero-order valence-electron chi connectivity index (χ0n) is 10.6. The molecule has 0 fully saturated rings. The van der Waals surface area contributed by atoms with Crippen LogP contribution in [0.2, 0.25) is 0 Å². The highest BCUT2D eigenvalue weighted by Gasteiger charge is 2.09. The van der Waals surface area contributed by atoms with Crippen molar-refractivity contribution in [3.05, 3.63) is 0 Å². The summed E-state index contributed by atoms with van der Waals surface area (Å²) in [5.41, 5.74) is 0. The van der Waals surface area contributed by atoms with E-state index in [4.69, 9.17) is 0 Å². The fourth-order valence-corrected chi connectivity index (χ4v) is 1.84. The van der Waals surface area contributed by atoms with Crippen LogP contribution in [0.4, 0.5) is 0 Å². The first kappa shape index (κ1) is 14.5. The molecule has 0 heterocycles. The molecule has 2 heteroatoms. The highest BCUT2D eigenvalue weighted by Crippen LogP contribution is 2.19. The highest BCUT2D eigenvalue weighted by molar-refractivity contribution is 5.69. The van der Waals surface area contributed by atoms with Gasteiger partial charge in [0.1, 0.15) is 0 Å². The van der Waals surface area contributed by atoms with Crippen molar-refractivity contribution in [3.63, 3.8) is 0 Å². The molecule has 15 heavy (non-hydrogen) atoms. The Morgan fingerprint density at radius 2 is 1.87 bits per heavy atom. The molecule has 1 atom stereocenters. The van der Waals surface area contributed by atoms with Crippen molar-refractivity contribution in [2.75, 3.05) is 7.11 Å². The van der Waals surface area contributed by atoms with E-state index in [0.717, 1.165) is 6.42 Å². The molecule has 0 bridgehead atoms. The van der Waals surface area contributed by atoms with Crippen LogP contribution in [0.25, 0.3) is 0 Å². The lowest BCUT2D eigenvalue weighted by atomic mass is 9.94. The van der Waals surface area contributed by atoms with Crippen molar-refractivity contribution in [1.29, 1.82) is 0 Å². The van der Waals surface area contributed by atoms with Crippen LogP contribution in [-0.2, 0) is 9.53 Å². The quantitative estimate of drug-likeness (QED) is 0.429. The monoisotopic (exact) mass is 214 g/mol. The molecule has 0 radical (unpaired) electrons. The van der Waals surface area contributed by atoms with Crippen molar-refractivity contribution in [1.82, 2.24) is 0 Å². The summed E-state index contributed by atoms with van der Waals surface area (Å²) in [6, 6.07) is 0. The Morgan fingerprint density at radius 3 is 2.40 bits per heavy atom. The van der Waals surface area contributed by atoms with E-state index in [0.29, 0.717) is 12.3 Å². The Labute approximate surface area is 94.4 Å². The molecule has 0 aliphatic carbocycles. The lowest BCUT2D eigenvalue weighted by Gasteiger charge is -2.13. The first-order valence-corrected chi connectivity index (χ1v) is 6.31. The molecule has 0 aromatic heterocycles. The second-order valence-corrected chi connectivity index (χ2v) is 4.24. The summed E-state index contributed by atoms with van der Waals surface area (Å²) in [6.07, 6.45) is 9.32. The van der Waals surface area contributed by atoms with Gasteiger partial charge in [-0.15, -0.1) is 0 Å². The molecule has 0 aliphatic rings. The average molecular weight is 214 g/mol. The van der Waals surface area contributed by atoms with Gasteiger partial charge in [0, 0.05) is 6.42 Å². The third kappa shape index (κ3) is 8.46. The number of hydrogen-bond donors (Lipinski definition) is 0. The summed E-state index contributed by atoms with van der Waals surface area (Å²) >= 11 is 0. The van der Waals surface area contributed by atoms with E-state index in [-0.39, 0.29) is 5.97 Å². The third-order valence-electron chi connectivity index (χ3n) is 3.03. The molecule has 1 unspecified atom stereocenters. The van der Waals surface area contributed by atoms with Crippen molar-refractivity contribution in [2.24, 2.45) is 5.92 Å². The Hall–Kier alpha value is -0.530. The van der Waals surface area contributed by atoms with Gasteiger partial charge in [0.15, 0.2) is 0 Å². The summed E-state index contributed by atoms with van der Waals surface area (Å²) in [5, 5.41) is 0. The van der Waals surface area contributed by atoms with E-state index >= 15 is 0 Å². The number of carbonyl (C=O) groups excluding carboxylic acids is 1. The van der Waals surface area contributed by atoms with E-state index in [1.807, 2.05) is 0 Å². The normalized spacial score (nSPS) is 12.5. The Balaban J connectivity index is 3.50.